The molecule has 1 amide bonds. The molecule has 12 heteroatoms. The number of fused-ring (bicyclic) bond motifs is 1. The maximum atomic E-state index is 13.7. The second kappa shape index (κ2) is 8.03. The second-order valence-corrected chi connectivity index (χ2v) is 7.96. The lowest BCUT2D eigenvalue weighted by Gasteiger charge is -2.10. The van der Waals surface area contributed by atoms with Gasteiger partial charge in [0, 0.05) is 5.02 Å². The number of hydrogen-bond donors (Lipinski definition) is 1. The lowest BCUT2D eigenvalue weighted by Crippen LogP contribution is -2.16. The van der Waals surface area contributed by atoms with Crippen LogP contribution in [0.2, 0.25) is 10.0 Å². The van der Waals surface area contributed by atoms with Gasteiger partial charge >= 0.3 is 6.18 Å². The van der Waals surface area contributed by atoms with Crippen LogP contribution >= 0.6 is 34.5 Å². The summed E-state index contributed by atoms with van der Waals surface area (Å²) in [6.07, 6.45) is -4.76. The van der Waals surface area contributed by atoms with E-state index < -0.39 is 23.5 Å². The van der Waals surface area contributed by atoms with Crippen LogP contribution in [0.25, 0.3) is 16.2 Å². The molecule has 0 bridgehead atoms. The summed E-state index contributed by atoms with van der Waals surface area (Å²) in [6.45, 7) is 0. The van der Waals surface area contributed by atoms with E-state index in [9.17, 15) is 18.0 Å². The van der Waals surface area contributed by atoms with Crippen molar-refractivity contribution in [2.45, 2.75) is 6.18 Å². The summed E-state index contributed by atoms with van der Waals surface area (Å²) in [5.74, 6) is -0.548. The smallest absolute Gasteiger partial charge is 0.433 e. The van der Waals surface area contributed by atoms with E-state index in [1.165, 1.54) is 30.6 Å². The van der Waals surface area contributed by atoms with Gasteiger partial charge in [0.2, 0.25) is 0 Å². The van der Waals surface area contributed by atoms with Gasteiger partial charge in [-0.2, -0.15) is 18.3 Å². The fourth-order valence-corrected chi connectivity index (χ4v) is 3.95. The molecule has 1 aromatic carbocycles. The van der Waals surface area contributed by atoms with Crippen molar-refractivity contribution >= 4 is 51.8 Å². The number of carbonyl (C=O) groups is 1. The summed E-state index contributed by atoms with van der Waals surface area (Å²) < 4.78 is 46.8. The van der Waals surface area contributed by atoms with E-state index in [1.807, 2.05) is 0 Å². The summed E-state index contributed by atoms with van der Waals surface area (Å²) in [5, 5.41) is 8.01. The predicted molar refractivity (Wildman–Crippen MR) is 112 cm³/mol. The summed E-state index contributed by atoms with van der Waals surface area (Å²) in [5.41, 5.74) is -1.55. The molecule has 0 saturated heterocycles. The Labute approximate surface area is 187 Å². The predicted octanol–water partition coefficient (Wildman–Crippen LogP) is 6.04. The maximum Gasteiger partial charge on any atom is 0.433 e. The fraction of sp³-hybridized carbons (Fsp3) is 0.105. The fourth-order valence-electron chi connectivity index (χ4n) is 2.85. The highest BCUT2D eigenvalue weighted by atomic mass is 35.5. The Hall–Kier alpha value is -2.82. The molecule has 0 unspecified atom stereocenters. The SMILES string of the molecule is COc1ccc(Cl)cc1NC(=O)c1nn2c(C(F)(F)F)cc(-c3cccs3)nc2c1Cl. The van der Waals surface area contributed by atoms with Crippen LogP contribution in [-0.4, -0.2) is 27.6 Å². The van der Waals surface area contributed by atoms with E-state index in [2.05, 4.69) is 15.4 Å². The molecule has 4 aromatic rings. The molecule has 0 aliphatic carbocycles. The summed E-state index contributed by atoms with van der Waals surface area (Å²) in [7, 11) is 1.39. The maximum absolute atomic E-state index is 13.7. The molecule has 3 heterocycles. The molecule has 1 N–H and O–H groups in total. The van der Waals surface area contributed by atoms with Crippen molar-refractivity contribution in [3.05, 3.63) is 63.2 Å². The number of nitrogens with zero attached hydrogens (tertiary/aromatic N) is 3. The molecule has 0 radical (unpaired) electrons. The Kier molecular flexibility index (Phi) is 5.54. The first-order valence-corrected chi connectivity index (χ1v) is 10.2. The van der Waals surface area contributed by atoms with Crippen molar-refractivity contribution in [1.82, 2.24) is 14.6 Å². The average Bonchev–Trinajstić information content (AvgIpc) is 3.35. The van der Waals surface area contributed by atoms with Gasteiger partial charge in [-0.1, -0.05) is 29.3 Å². The number of aromatic nitrogens is 3. The van der Waals surface area contributed by atoms with Crippen LogP contribution in [-0.2, 0) is 6.18 Å². The summed E-state index contributed by atoms with van der Waals surface area (Å²) in [4.78, 5) is 17.5. The van der Waals surface area contributed by atoms with Crippen LogP contribution in [0.5, 0.6) is 5.75 Å². The number of halogens is 5. The molecule has 6 nitrogen and oxygen atoms in total. The van der Waals surface area contributed by atoms with Gasteiger partial charge < -0.3 is 10.1 Å². The second-order valence-electron chi connectivity index (χ2n) is 6.20. The number of methoxy groups -OCH3 is 1. The van der Waals surface area contributed by atoms with Crippen LogP contribution in [0.3, 0.4) is 0 Å². The lowest BCUT2D eigenvalue weighted by molar-refractivity contribution is -0.142. The first-order valence-electron chi connectivity index (χ1n) is 8.54. The number of alkyl halides is 3. The lowest BCUT2D eigenvalue weighted by atomic mass is 10.2. The topological polar surface area (TPSA) is 68.5 Å². The third-order valence-electron chi connectivity index (χ3n) is 4.22. The van der Waals surface area contributed by atoms with Gasteiger partial charge in [-0.25, -0.2) is 9.50 Å². The van der Waals surface area contributed by atoms with Crippen molar-refractivity contribution in [2.24, 2.45) is 0 Å². The molecule has 0 saturated carbocycles. The third-order valence-corrected chi connectivity index (χ3v) is 5.70. The molecule has 31 heavy (non-hydrogen) atoms. The third kappa shape index (κ3) is 4.06. The Morgan fingerprint density at radius 1 is 1.23 bits per heavy atom. The number of carbonyl (C=O) groups excluding carboxylic acids is 1. The average molecular weight is 487 g/mol. The van der Waals surface area contributed by atoms with Gasteiger partial charge in [0.25, 0.3) is 5.91 Å². The highest BCUT2D eigenvalue weighted by Gasteiger charge is 2.37. The number of thiophene rings is 1. The normalized spacial score (nSPS) is 11.7. The van der Waals surface area contributed by atoms with E-state index in [-0.39, 0.29) is 22.1 Å². The molecule has 0 aliphatic heterocycles. The Morgan fingerprint density at radius 2 is 2.00 bits per heavy atom. The van der Waals surface area contributed by atoms with Crippen LogP contribution in [0, 0.1) is 0 Å². The quantitative estimate of drug-likeness (QED) is 0.381. The van der Waals surface area contributed by atoms with Gasteiger partial charge in [0.15, 0.2) is 17.0 Å². The van der Waals surface area contributed by atoms with Crippen molar-refractivity contribution in [3.8, 4) is 16.3 Å². The van der Waals surface area contributed by atoms with Crippen LogP contribution in [0.15, 0.2) is 41.8 Å². The van der Waals surface area contributed by atoms with Crippen molar-refractivity contribution < 1.29 is 22.7 Å². The zero-order valence-electron chi connectivity index (χ0n) is 15.5. The molecule has 0 aliphatic rings. The van der Waals surface area contributed by atoms with Crippen LogP contribution in [0.1, 0.15) is 16.2 Å². The number of nitrogens with one attached hydrogen (secondary N) is 1. The monoisotopic (exact) mass is 486 g/mol. The highest BCUT2D eigenvalue weighted by Crippen LogP contribution is 2.36. The first kappa shape index (κ1) is 21.4. The Morgan fingerprint density at radius 3 is 2.65 bits per heavy atom. The van der Waals surface area contributed by atoms with Gasteiger partial charge in [0.1, 0.15) is 10.8 Å². The van der Waals surface area contributed by atoms with Gasteiger partial charge in [-0.3, -0.25) is 4.79 Å². The molecule has 4 rings (SSSR count). The zero-order valence-corrected chi connectivity index (χ0v) is 17.8. The highest BCUT2D eigenvalue weighted by molar-refractivity contribution is 7.13. The molecule has 0 fully saturated rings. The van der Waals surface area contributed by atoms with Gasteiger partial charge in [-0.05, 0) is 35.7 Å². The number of amides is 1. The number of ether oxygens (including phenoxy) is 1. The zero-order chi connectivity index (χ0) is 22.3. The Bertz CT molecular complexity index is 1290. The van der Waals surface area contributed by atoms with E-state index >= 15 is 0 Å². The summed E-state index contributed by atoms with van der Waals surface area (Å²) >= 11 is 13.4. The standard InChI is InChI=1S/C19H11Cl2F3N4O2S/c1-30-12-5-4-9(20)7-10(12)26-18(29)16-15(21)17-25-11(13-3-2-6-31-13)8-14(19(22,23)24)28(17)27-16/h2-8H,1H3,(H,26,29). The number of hydrogen-bond acceptors (Lipinski definition) is 5. The van der Waals surface area contributed by atoms with Crippen molar-refractivity contribution in [1.29, 1.82) is 0 Å². The Balaban J connectivity index is 1.84. The minimum Gasteiger partial charge on any atom is -0.495 e. The van der Waals surface area contributed by atoms with E-state index in [1.54, 1.807) is 23.6 Å². The van der Waals surface area contributed by atoms with E-state index in [0.717, 1.165) is 6.07 Å². The minimum absolute atomic E-state index is 0.0695. The molecular formula is C19H11Cl2F3N4O2S. The summed E-state index contributed by atoms with van der Waals surface area (Å²) in [6, 6.07) is 8.70. The van der Waals surface area contributed by atoms with Crippen LogP contribution < -0.4 is 10.1 Å². The van der Waals surface area contributed by atoms with Crippen molar-refractivity contribution in [2.75, 3.05) is 12.4 Å². The van der Waals surface area contributed by atoms with Crippen molar-refractivity contribution in [3.63, 3.8) is 0 Å². The molecule has 0 atom stereocenters. The van der Waals surface area contributed by atoms with Gasteiger partial charge in [0.05, 0.1) is 23.4 Å². The number of benzene rings is 1. The first-order chi connectivity index (χ1) is 14.7. The number of rotatable bonds is 4. The molecule has 160 valence electrons. The minimum atomic E-state index is -4.76. The molecule has 3 aromatic heterocycles. The number of anilines is 1. The van der Waals surface area contributed by atoms with Crippen LogP contribution in [0.4, 0.5) is 18.9 Å². The van der Waals surface area contributed by atoms with E-state index in [4.69, 9.17) is 27.9 Å². The molecule has 0 spiro atoms. The largest absolute Gasteiger partial charge is 0.495 e. The van der Waals surface area contributed by atoms with Gasteiger partial charge in [-0.15, -0.1) is 11.3 Å². The molecular weight excluding hydrogens is 476 g/mol. The van der Waals surface area contributed by atoms with E-state index in [0.29, 0.717) is 20.2 Å².